The maximum absolute atomic E-state index is 5.85. The van der Waals surface area contributed by atoms with Crippen LogP contribution in [0.3, 0.4) is 0 Å². The van der Waals surface area contributed by atoms with Gasteiger partial charge in [-0.25, -0.2) is 4.98 Å². The molecule has 2 aromatic rings. The molecule has 0 amide bonds. The Morgan fingerprint density at radius 2 is 1.75 bits per heavy atom. The molecule has 2 heterocycles. The maximum atomic E-state index is 5.85. The topological polar surface area (TPSA) is 77.6 Å². The van der Waals surface area contributed by atoms with E-state index in [1.807, 2.05) is 12.1 Å². The Kier molecular flexibility index (Phi) is 3.85. The highest BCUT2D eigenvalue weighted by molar-refractivity contribution is 5.22. The number of rotatable bonds is 3. The molecule has 3 rings (SSSR count). The van der Waals surface area contributed by atoms with Crippen molar-refractivity contribution in [1.29, 1.82) is 0 Å². The number of aromatic nitrogens is 4. The third-order valence-corrected chi connectivity index (χ3v) is 3.80. The van der Waals surface area contributed by atoms with Crippen molar-refractivity contribution in [1.82, 2.24) is 19.9 Å². The second-order valence-corrected chi connectivity index (χ2v) is 5.34. The van der Waals surface area contributed by atoms with Gasteiger partial charge >= 0.3 is 0 Å². The number of nitrogens with zero attached hydrogens (tertiary/aromatic N) is 4. The first-order valence-electron chi connectivity index (χ1n) is 7.20. The van der Waals surface area contributed by atoms with E-state index in [4.69, 9.17) is 5.73 Å². The fourth-order valence-corrected chi connectivity index (χ4v) is 2.76. The summed E-state index contributed by atoms with van der Waals surface area (Å²) >= 11 is 0. The minimum absolute atomic E-state index is 0.338. The van der Waals surface area contributed by atoms with Crippen LogP contribution in [0.2, 0.25) is 0 Å². The van der Waals surface area contributed by atoms with Crippen LogP contribution in [0.4, 0.5) is 5.95 Å². The zero-order valence-corrected chi connectivity index (χ0v) is 11.5. The Morgan fingerprint density at radius 1 is 1.00 bits per heavy atom. The summed E-state index contributed by atoms with van der Waals surface area (Å²) in [6.07, 6.45) is 10.4. The molecule has 1 fully saturated rings. The van der Waals surface area contributed by atoms with E-state index in [0.29, 0.717) is 18.3 Å². The van der Waals surface area contributed by atoms with Gasteiger partial charge in [-0.05, 0) is 30.5 Å². The molecule has 0 spiro atoms. The van der Waals surface area contributed by atoms with Gasteiger partial charge in [0.2, 0.25) is 5.95 Å². The van der Waals surface area contributed by atoms with E-state index in [2.05, 4.69) is 19.9 Å². The standard InChI is InChI=1S/C15H19N5/c16-15-19-13(10-11-6-8-17-9-7-11)18-14(20-15)12-4-2-1-3-5-12/h6-9,12H,1-5,10H2,(H2,16,18,19,20). The summed E-state index contributed by atoms with van der Waals surface area (Å²) in [4.78, 5) is 17.2. The van der Waals surface area contributed by atoms with E-state index in [0.717, 1.165) is 30.1 Å². The van der Waals surface area contributed by atoms with Gasteiger partial charge in [-0.1, -0.05) is 19.3 Å². The molecule has 1 aliphatic carbocycles. The van der Waals surface area contributed by atoms with Crippen LogP contribution in [0.15, 0.2) is 24.5 Å². The lowest BCUT2D eigenvalue weighted by Gasteiger charge is -2.20. The molecule has 104 valence electrons. The van der Waals surface area contributed by atoms with Gasteiger partial charge in [0.15, 0.2) is 0 Å². The van der Waals surface area contributed by atoms with Crippen LogP contribution in [0, 0.1) is 0 Å². The molecule has 0 radical (unpaired) electrons. The highest BCUT2D eigenvalue weighted by Gasteiger charge is 2.19. The minimum Gasteiger partial charge on any atom is -0.368 e. The molecule has 0 unspecified atom stereocenters. The van der Waals surface area contributed by atoms with Crippen molar-refractivity contribution >= 4 is 5.95 Å². The molecule has 0 bridgehead atoms. The van der Waals surface area contributed by atoms with Crippen LogP contribution in [0.25, 0.3) is 0 Å². The minimum atomic E-state index is 0.338. The molecule has 5 nitrogen and oxygen atoms in total. The molecule has 0 aromatic carbocycles. The molecule has 2 aromatic heterocycles. The Bertz CT molecular complexity index is 564. The highest BCUT2D eigenvalue weighted by Crippen LogP contribution is 2.30. The molecule has 0 atom stereocenters. The molecule has 5 heteroatoms. The number of hydrogen-bond acceptors (Lipinski definition) is 5. The van der Waals surface area contributed by atoms with Gasteiger partial charge in [0, 0.05) is 24.7 Å². The zero-order chi connectivity index (χ0) is 13.8. The normalized spacial score (nSPS) is 16.2. The number of hydrogen-bond donors (Lipinski definition) is 1. The average molecular weight is 269 g/mol. The van der Waals surface area contributed by atoms with Crippen molar-refractivity contribution in [2.75, 3.05) is 5.73 Å². The van der Waals surface area contributed by atoms with E-state index in [1.165, 1.54) is 19.3 Å². The molecule has 1 aliphatic rings. The van der Waals surface area contributed by atoms with E-state index < -0.39 is 0 Å². The number of nitrogen functional groups attached to an aromatic ring is 1. The lowest BCUT2D eigenvalue weighted by molar-refractivity contribution is 0.427. The number of pyridine rings is 1. The Hall–Kier alpha value is -2.04. The largest absolute Gasteiger partial charge is 0.368 e. The Morgan fingerprint density at radius 3 is 2.50 bits per heavy atom. The van der Waals surface area contributed by atoms with E-state index in [9.17, 15) is 0 Å². The predicted octanol–water partition coefficient (Wildman–Crippen LogP) is 2.49. The van der Waals surface area contributed by atoms with E-state index >= 15 is 0 Å². The fraction of sp³-hybridized carbons (Fsp3) is 0.467. The summed E-state index contributed by atoms with van der Waals surface area (Å²) in [5.41, 5.74) is 6.98. The van der Waals surface area contributed by atoms with Crippen molar-refractivity contribution in [2.45, 2.75) is 44.4 Å². The molecule has 2 N–H and O–H groups in total. The second kappa shape index (κ2) is 5.94. The Balaban J connectivity index is 1.82. The zero-order valence-electron chi connectivity index (χ0n) is 11.5. The smallest absolute Gasteiger partial charge is 0.223 e. The molecule has 0 saturated heterocycles. The lowest BCUT2D eigenvalue weighted by atomic mass is 9.89. The van der Waals surface area contributed by atoms with Crippen LogP contribution in [0.5, 0.6) is 0 Å². The van der Waals surface area contributed by atoms with E-state index in [-0.39, 0.29) is 0 Å². The van der Waals surface area contributed by atoms with E-state index in [1.54, 1.807) is 12.4 Å². The van der Waals surface area contributed by atoms with Gasteiger partial charge in [0.25, 0.3) is 0 Å². The van der Waals surface area contributed by atoms with Gasteiger partial charge in [-0.3, -0.25) is 4.98 Å². The first kappa shape index (κ1) is 13.0. The SMILES string of the molecule is Nc1nc(Cc2ccncc2)nc(C2CCCCC2)n1. The van der Waals surface area contributed by atoms with Crippen LogP contribution < -0.4 is 5.73 Å². The van der Waals surface area contributed by atoms with Gasteiger partial charge in [0.1, 0.15) is 11.6 Å². The summed E-state index contributed by atoms with van der Waals surface area (Å²) in [5, 5.41) is 0. The summed E-state index contributed by atoms with van der Waals surface area (Å²) < 4.78 is 0. The monoisotopic (exact) mass is 269 g/mol. The molecule has 20 heavy (non-hydrogen) atoms. The van der Waals surface area contributed by atoms with Crippen molar-refractivity contribution in [2.24, 2.45) is 0 Å². The fourth-order valence-electron chi connectivity index (χ4n) is 2.76. The molecule has 1 saturated carbocycles. The van der Waals surface area contributed by atoms with Crippen molar-refractivity contribution < 1.29 is 0 Å². The summed E-state index contributed by atoms with van der Waals surface area (Å²) in [6.45, 7) is 0. The highest BCUT2D eigenvalue weighted by atomic mass is 15.1. The first-order valence-corrected chi connectivity index (χ1v) is 7.20. The van der Waals surface area contributed by atoms with Crippen molar-refractivity contribution in [3.05, 3.63) is 41.7 Å². The molecular formula is C15H19N5. The quantitative estimate of drug-likeness (QED) is 0.926. The molecule has 0 aliphatic heterocycles. The van der Waals surface area contributed by atoms with Crippen LogP contribution in [0.1, 0.15) is 55.2 Å². The summed E-state index contributed by atoms with van der Waals surface area (Å²) in [7, 11) is 0. The van der Waals surface area contributed by atoms with Crippen LogP contribution in [-0.2, 0) is 6.42 Å². The lowest BCUT2D eigenvalue weighted by Crippen LogP contribution is -2.13. The first-order chi connectivity index (χ1) is 9.81. The number of nitrogens with two attached hydrogens (primary N) is 1. The van der Waals surface area contributed by atoms with Gasteiger partial charge in [0.05, 0.1) is 0 Å². The average Bonchev–Trinajstić information content (AvgIpc) is 2.49. The van der Waals surface area contributed by atoms with Crippen LogP contribution in [-0.4, -0.2) is 19.9 Å². The van der Waals surface area contributed by atoms with Crippen LogP contribution >= 0.6 is 0 Å². The second-order valence-electron chi connectivity index (χ2n) is 5.34. The van der Waals surface area contributed by atoms with Gasteiger partial charge in [-0.2, -0.15) is 9.97 Å². The predicted molar refractivity (Wildman–Crippen MR) is 77.1 cm³/mol. The summed E-state index contributed by atoms with van der Waals surface area (Å²) in [6, 6.07) is 3.94. The maximum Gasteiger partial charge on any atom is 0.223 e. The third kappa shape index (κ3) is 3.10. The Labute approximate surface area is 118 Å². The van der Waals surface area contributed by atoms with Crippen molar-refractivity contribution in [3.63, 3.8) is 0 Å². The summed E-state index contributed by atoms with van der Waals surface area (Å²) in [5.74, 6) is 2.42. The third-order valence-electron chi connectivity index (χ3n) is 3.80. The molecular weight excluding hydrogens is 250 g/mol. The van der Waals surface area contributed by atoms with Gasteiger partial charge in [-0.15, -0.1) is 0 Å². The van der Waals surface area contributed by atoms with Gasteiger partial charge < -0.3 is 5.73 Å². The van der Waals surface area contributed by atoms with Crippen molar-refractivity contribution in [3.8, 4) is 0 Å². The number of anilines is 1.